The van der Waals surface area contributed by atoms with Gasteiger partial charge in [-0.2, -0.15) is 0 Å². The van der Waals surface area contributed by atoms with Crippen LogP contribution >= 0.6 is 0 Å². The summed E-state index contributed by atoms with van der Waals surface area (Å²) in [4.78, 5) is 13.1. The molecule has 0 aliphatic carbocycles. The predicted molar refractivity (Wildman–Crippen MR) is 68.5 cm³/mol. The molecule has 98 valence electrons. The molecule has 4 nitrogen and oxygen atoms in total. The van der Waals surface area contributed by atoms with Crippen LogP contribution in [0.15, 0.2) is 18.2 Å². The standard InChI is InChI=1S/C13H18FN3O/c14-11-5-4-10-6-8-17(12(10)9-11)7-2-1-3-13(18)16-15/h4-5,9H,1-3,6-8,15H2,(H,16,18). The van der Waals surface area contributed by atoms with E-state index >= 15 is 0 Å². The highest BCUT2D eigenvalue weighted by Gasteiger charge is 2.18. The average molecular weight is 251 g/mol. The maximum Gasteiger partial charge on any atom is 0.233 e. The lowest BCUT2D eigenvalue weighted by molar-refractivity contribution is -0.121. The summed E-state index contributed by atoms with van der Waals surface area (Å²) < 4.78 is 13.2. The van der Waals surface area contributed by atoms with Crippen molar-refractivity contribution in [3.8, 4) is 0 Å². The lowest BCUT2D eigenvalue weighted by Gasteiger charge is -2.19. The zero-order valence-corrected chi connectivity index (χ0v) is 10.3. The van der Waals surface area contributed by atoms with Crippen molar-refractivity contribution in [3.63, 3.8) is 0 Å². The number of anilines is 1. The minimum absolute atomic E-state index is 0.136. The second-order valence-electron chi connectivity index (χ2n) is 4.53. The molecule has 0 atom stereocenters. The topological polar surface area (TPSA) is 58.4 Å². The smallest absolute Gasteiger partial charge is 0.233 e. The number of hydrogen-bond acceptors (Lipinski definition) is 3. The van der Waals surface area contributed by atoms with Crippen LogP contribution in [0.2, 0.25) is 0 Å². The highest BCUT2D eigenvalue weighted by Crippen LogP contribution is 2.28. The van der Waals surface area contributed by atoms with E-state index in [1.54, 1.807) is 6.07 Å². The number of carbonyl (C=O) groups excluding carboxylic acids is 1. The van der Waals surface area contributed by atoms with E-state index in [0.717, 1.165) is 38.0 Å². The number of rotatable bonds is 5. The lowest BCUT2D eigenvalue weighted by atomic mass is 10.1. The van der Waals surface area contributed by atoms with Crippen molar-refractivity contribution in [2.75, 3.05) is 18.0 Å². The van der Waals surface area contributed by atoms with Gasteiger partial charge in [0.15, 0.2) is 0 Å². The fourth-order valence-electron chi connectivity index (χ4n) is 2.31. The normalized spacial score (nSPS) is 13.6. The molecule has 0 radical (unpaired) electrons. The lowest BCUT2D eigenvalue weighted by Crippen LogP contribution is -2.30. The number of carbonyl (C=O) groups is 1. The highest BCUT2D eigenvalue weighted by molar-refractivity contribution is 5.75. The first-order chi connectivity index (χ1) is 8.70. The van der Waals surface area contributed by atoms with Crippen LogP contribution in [0.3, 0.4) is 0 Å². The minimum atomic E-state index is -0.192. The number of nitrogens with two attached hydrogens (primary N) is 1. The Morgan fingerprint density at radius 2 is 2.28 bits per heavy atom. The summed E-state index contributed by atoms with van der Waals surface area (Å²) in [6, 6.07) is 4.95. The van der Waals surface area contributed by atoms with Gasteiger partial charge in [0.1, 0.15) is 5.82 Å². The number of unbranched alkanes of at least 4 members (excludes halogenated alkanes) is 1. The molecule has 0 saturated heterocycles. The van der Waals surface area contributed by atoms with Gasteiger partial charge in [-0.05, 0) is 37.0 Å². The van der Waals surface area contributed by atoms with Crippen molar-refractivity contribution in [1.82, 2.24) is 5.43 Å². The summed E-state index contributed by atoms with van der Waals surface area (Å²) in [6.45, 7) is 1.79. The summed E-state index contributed by atoms with van der Waals surface area (Å²) in [5.74, 6) is 4.68. The first-order valence-corrected chi connectivity index (χ1v) is 6.23. The van der Waals surface area contributed by atoms with Gasteiger partial charge in [0.05, 0.1) is 0 Å². The van der Waals surface area contributed by atoms with Crippen LogP contribution in [0.25, 0.3) is 0 Å². The third-order valence-corrected chi connectivity index (χ3v) is 3.28. The molecule has 1 aromatic rings. The summed E-state index contributed by atoms with van der Waals surface area (Å²) in [5, 5.41) is 0. The monoisotopic (exact) mass is 251 g/mol. The number of fused-ring (bicyclic) bond motifs is 1. The van der Waals surface area contributed by atoms with Crippen molar-refractivity contribution in [1.29, 1.82) is 0 Å². The molecule has 0 fully saturated rings. The Morgan fingerprint density at radius 3 is 3.06 bits per heavy atom. The molecule has 1 aromatic carbocycles. The van der Waals surface area contributed by atoms with E-state index in [0.29, 0.717) is 6.42 Å². The molecule has 0 bridgehead atoms. The zero-order chi connectivity index (χ0) is 13.0. The molecule has 1 aliphatic heterocycles. The summed E-state index contributed by atoms with van der Waals surface area (Å²) >= 11 is 0. The predicted octanol–water partition coefficient (Wildman–Crippen LogP) is 1.35. The van der Waals surface area contributed by atoms with Crippen LogP contribution in [-0.2, 0) is 11.2 Å². The molecule has 0 spiro atoms. The summed E-state index contributed by atoms with van der Waals surface area (Å²) in [5.41, 5.74) is 4.32. The maximum absolute atomic E-state index is 13.2. The molecule has 0 aromatic heterocycles. The SMILES string of the molecule is NNC(=O)CCCCN1CCc2ccc(F)cc21. The molecule has 18 heavy (non-hydrogen) atoms. The van der Waals surface area contributed by atoms with Gasteiger partial charge in [-0.3, -0.25) is 10.2 Å². The Kier molecular flexibility index (Phi) is 4.15. The molecule has 1 aliphatic rings. The fourth-order valence-corrected chi connectivity index (χ4v) is 2.31. The van der Waals surface area contributed by atoms with E-state index in [4.69, 9.17) is 5.84 Å². The quantitative estimate of drug-likeness (QED) is 0.359. The molecule has 0 saturated carbocycles. The van der Waals surface area contributed by atoms with Gasteiger partial charge in [-0.1, -0.05) is 6.07 Å². The van der Waals surface area contributed by atoms with Crippen molar-refractivity contribution in [2.24, 2.45) is 5.84 Å². The number of benzene rings is 1. The Balaban J connectivity index is 1.82. The van der Waals surface area contributed by atoms with E-state index < -0.39 is 0 Å². The van der Waals surface area contributed by atoms with Crippen molar-refractivity contribution in [2.45, 2.75) is 25.7 Å². The first-order valence-electron chi connectivity index (χ1n) is 6.23. The van der Waals surface area contributed by atoms with Crippen molar-refractivity contribution < 1.29 is 9.18 Å². The van der Waals surface area contributed by atoms with Gasteiger partial charge < -0.3 is 4.90 Å². The third kappa shape index (κ3) is 2.98. The molecule has 0 unspecified atom stereocenters. The number of halogens is 1. The Bertz CT molecular complexity index is 436. The zero-order valence-electron chi connectivity index (χ0n) is 10.3. The first kappa shape index (κ1) is 12.8. The largest absolute Gasteiger partial charge is 0.371 e. The van der Waals surface area contributed by atoms with Gasteiger partial charge in [-0.15, -0.1) is 0 Å². The molecule has 1 amide bonds. The van der Waals surface area contributed by atoms with Gasteiger partial charge in [0.25, 0.3) is 0 Å². The number of amides is 1. The van der Waals surface area contributed by atoms with Crippen LogP contribution < -0.4 is 16.2 Å². The second kappa shape index (κ2) is 5.82. The second-order valence-corrected chi connectivity index (χ2v) is 4.53. The molecule has 1 heterocycles. The highest BCUT2D eigenvalue weighted by atomic mass is 19.1. The molecular formula is C13H18FN3O. The molecule has 2 rings (SSSR count). The van der Waals surface area contributed by atoms with E-state index in [1.165, 1.54) is 11.6 Å². The number of hydrogen-bond donors (Lipinski definition) is 2. The van der Waals surface area contributed by atoms with Crippen LogP contribution in [0.1, 0.15) is 24.8 Å². The van der Waals surface area contributed by atoms with E-state index in [-0.39, 0.29) is 11.7 Å². The molecule has 5 heteroatoms. The number of hydrazine groups is 1. The molecule has 3 N–H and O–H groups in total. The fraction of sp³-hybridized carbons (Fsp3) is 0.462. The van der Waals surface area contributed by atoms with E-state index in [9.17, 15) is 9.18 Å². The summed E-state index contributed by atoms with van der Waals surface area (Å²) in [6.07, 6.45) is 3.12. The number of nitrogens with zero attached hydrogens (tertiary/aromatic N) is 1. The van der Waals surface area contributed by atoms with E-state index in [1.807, 2.05) is 6.07 Å². The minimum Gasteiger partial charge on any atom is -0.371 e. The maximum atomic E-state index is 13.2. The van der Waals surface area contributed by atoms with Gasteiger partial charge in [0.2, 0.25) is 5.91 Å². The van der Waals surface area contributed by atoms with Gasteiger partial charge >= 0.3 is 0 Å². The molecular weight excluding hydrogens is 233 g/mol. The number of nitrogens with one attached hydrogen (secondary N) is 1. The van der Waals surface area contributed by atoms with Crippen LogP contribution in [-0.4, -0.2) is 19.0 Å². The van der Waals surface area contributed by atoms with Crippen LogP contribution in [0.4, 0.5) is 10.1 Å². The van der Waals surface area contributed by atoms with E-state index in [2.05, 4.69) is 10.3 Å². The Morgan fingerprint density at radius 1 is 1.44 bits per heavy atom. The average Bonchev–Trinajstić information content (AvgIpc) is 2.77. The van der Waals surface area contributed by atoms with Gasteiger partial charge in [0, 0.05) is 25.2 Å². The van der Waals surface area contributed by atoms with Crippen LogP contribution in [0, 0.1) is 5.82 Å². The van der Waals surface area contributed by atoms with Crippen molar-refractivity contribution >= 4 is 11.6 Å². The Hall–Kier alpha value is -1.62. The van der Waals surface area contributed by atoms with Gasteiger partial charge in [-0.25, -0.2) is 10.2 Å². The van der Waals surface area contributed by atoms with Crippen LogP contribution in [0.5, 0.6) is 0 Å². The van der Waals surface area contributed by atoms with Crippen molar-refractivity contribution in [3.05, 3.63) is 29.6 Å². The third-order valence-electron chi connectivity index (χ3n) is 3.28. The Labute approximate surface area is 106 Å². The summed E-state index contributed by atoms with van der Waals surface area (Å²) in [7, 11) is 0.